The monoisotopic (exact) mass is 272 g/mol. The number of halogens is 1. The molecule has 3 heteroatoms. The fraction of sp³-hybridized carbons (Fsp3) is 0.250. The first-order valence-corrected chi connectivity index (χ1v) is 6.97. The zero-order valence-electron chi connectivity index (χ0n) is 10.7. The maximum atomic E-state index is 5.94. The molecule has 2 aromatic carbocycles. The van der Waals surface area contributed by atoms with Gasteiger partial charge in [0.25, 0.3) is 0 Å². The van der Waals surface area contributed by atoms with Gasteiger partial charge in [-0.15, -0.1) is 0 Å². The Morgan fingerprint density at radius 3 is 2.05 bits per heavy atom. The second kappa shape index (κ2) is 5.24. The molecule has 0 unspecified atom stereocenters. The zero-order chi connectivity index (χ0) is 13.2. The summed E-state index contributed by atoms with van der Waals surface area (Å²) in [6, 6.07) is 16.9. The van der Waals surface area contributed by atoms with E-state index >= 15 is 0 Å². The first-order chi connectivity index (χ1) is 9.22. The summed E-state index contributed by atoms with van der Waals surface area (Å²) in [7, 11) is 0. The smallest absolute Gasteiger partial charge is 0.0406 e. The minimum Gasteiger partial charge on any atom is -0.370 e. The Morgan fingerprint density at radius 2 is 1.53 bits per heavy atom. The third-order valence-corrected chi connectivity index (χ3v) is 3.89. The average Bonchev–Trinajstić information content (AvgIpc) is 2.87. The summed E-state index contributed by atoms with van der Waals surface area (Å²) in [5.74, 6) is 0. The van der Waals surface area contributed by atoms with Crippen molar-refractivity contribution in [2.45, 2.75) is 12.5 Å². The van der Waals surface area contributed by atoms with Gasteiger partial charge in [-0.25, -0.2) is 0 Å². The second-order valence-corrected chi connectivity index (χ2v) is 5.48. The van der Waals surface area contributed by atoms with Crippen LogP contribution in [0.1, 0.15) is 6.42 Å². The molecule has 0 saturated carbocycles. The molecule has 1 heterocycles. The summed E-state index contributed by atoms with van der Waals surface area (Å²) in [5, 5.41) is 0.770. The number of nitrogens with zero attached hydrogens (tertiary/aromatic N) is 1. The van der Waals surface area contributed by atoms with Crippen LogP contribution >= 0.6 is 11.6 Å². The summed E-state index contributed by atoms with van der Waals surface area (Å²) in [4.78, 5) is 2.34. The van der Waals surface area contributed by atoms with Crippen molar-refractivity contribution in [1.29, 1.82) is 0 Å². The molecule has 0 aliphatic carbocycles. The van der Waals surface area contributed by atoms with Crippen molar-refractivity contribution in [2.75, 3.05) is 18.0 Å². The standard InChI is InChI=1S/C16H17ClN2/c17-14-5-1-12(2-6-14)13-3-7-16(8-4-13)19-10-9-15(18)11-19/h1-8,15H,9-11,18H2/t15-/m0/s1. The third kappa shape index (κ3) is 2.75. The van der Waals surface area contributed by atoms with E-state index in [0.29, 0.717) is 6.04 Å². The zero-order valence-corrected chi connectivity index (χ0v) is 11.5. The van der Waals surface area contributed by atoms with Crippen LogP contribution in [0.3, 0.4) is 0 Å². The summed E-state index contributed by atoms with van der Waals surface area (Å²) < 4.78 is 0. The maximum absolute atomic E-state index is 5.94. The van der Waals surface area contributed by atoms with Crippen LogP contribution in [0, 0.1) is 0 Å². The van der Waals surface area contributed by atoms with Crippen LogP contribution in [0.2, 0.25) is 5.02 Å². The minimum absolute atomic E-state index is 0.316. The molecule has 0 amide bonds. The molecule has 1 aliphatic heterocycles. The van der Waals surface area contributed by atoms with Crippen molar-refractivity contribution in [3.63, 3.8) is 0 Å². The number of benzene rings is 2. The van der Waals surface area contributed by atoms with Crippen LogP contribution in [0.4, 0.5) is 5.69 Å². The van der Waals surface area contributed by atoms with Gasteiger partial charge >= 0.3 is 0 Å². The lowest BCUT2D eigenvalue weighted by Gasteiger charge is -2.18. The first-order valence-electron chi connectivity index (χ1n) is 6.59. The van der Waals surface area contributed by atoms with Crippen LogP contribution in [-0.4, -0.2) is 19.1 Å². The van der Waals surface area contributed by atoms with Crippen molar-refractivity contribution < 1.29 is 0 Å². The largest absolute Gasteiger partial charge is 0.370 e. The number of anilines is 1. The molecule has 3 rings (SSSR count). The highest BCUT2D eigenvalue weighted by Crippen LogP contribution is 2.26. The van der Waals surface area contributed by atoms with E-state index in [-0.39, 0.29) is 0 Å². The molecule has 0 spiro atoms. The van der Waals surface area contributed by atoms with Crippen LogP contribution < -0.4 is 10.6 Å². The van der Waals surface area contributed by atoms with Crippen molar-refractivity contribution in [1.82, 2.24) is 0 Å². The molecule has 2 aromatic rings. The van der Waals surface area contributed by atoms with E-state index in [4.69, 9.17) is 17.3 Å². The van der Waals surface area contributed by atoms with Gasteiger partial charge < -0.3 is 10.6 Å². The number of rotatable bonds is 2. The Labute approximate surface area is 118 Å². The topological polar surface area (TPSA) is 29.3 Å². The van der Waals surface area contributed by atoms with Gasteiger partial charge in [-0.3, -0.25) is 0 Å². The lowest BCUT2D eigenvalue weighted by Crippen LogP contribution is -2.26. The number of nitrogens with two attached hydrogens (primary N) is 1. The van der Waals surface area contributed by atoms with E-state index in [0.717, 1.165) is 24.5 Å². The van der Waals surface area contributed by atoms with Gasteiger partial charge in [0, 0.05) is 29.8 Å². The summed E-state index contributed by atoms with van der Waals surface area (Å²) in [6.45, 7) is 2.02. The predicted octanol–water partition coefficient (Wildman–Crippen LogP) is 3.54. The SMILES string of the molecule is N[C@H]1CCN(c2ccc(-c3ccc(Cl)cc3)cc2)C1. The molecule has 19 heavy (non-hydrogen) atoms. The summed E-state index contributed by atoms with van der Waals surface area (Å²) in [5.41, 5.74) is 9.60. The first kappa shape index (κ1) is 12.5. The van der Waals surface area contributed by atoms with Crippen molar-refractivity contribution in [2.24, 2.45) is 5.73 Å². The van der Waals surface area contributed by atoms with Gasteiger partial charge in [0.15, 0.2) is 0 Å². The number of hydrogen-bond acceptors (Lipinski definition) is 2. The van der Waals surface area contributed by atoms with Crippen LogP contribution in [0.25, 0.3) is 11.1 Å². The Balaban J connectivity index is 1.80. The van der Waals surface area contributed by atoms with Crippen LogP contribution in [-0.2, 0) is 0 Å². The summed E-state index contributed by atoms with van der Waals surface area (Å²) >= 11 is 5.91. The molecule has 1 atom stereocenters. The highest BCUT2D eigenvalue weighted by molar-refractivity contribution is 6.30. The molecule has 1 aliphatic rings. The van der Waals surface area contributed by atoms with Gasteiger partial charge in [0.1, 0.15) is 0 Å². The van der Waals surface area contributed by atoms with E-state index in [1.54, 1.807) is 0 Å². The second-order valence-electron chi connectivity index (χ2n) is 5.05. The normalized spacial score (nSPS) is 18.8. The van der Waals surface area contributed by atoms with Gasteiger partial charge in [-0.1, -0.05) is 35.9 Å². The Hall–Kier alpha value is -1.51. The fourth-order valence-corrected chi connectivity index (χ4v) is 2.65. The van der Waals surface area contributed by atoms with E-state index in [2.05, 4.69) is 29.2 Å². The molecule has 0 bridgehead atoms. The van der Waals surface area contributed by atoms with Gasteiger partial charge in [-0.05, 0) is 41.8 Å². The Morgan fingerprint density at radius 1 is 0.947 bits per heavy atom. The van der Waals surface area contributed by atoms with Gasteiger partial charge in [0.05, 0.1) is 0 Å². The maximum Gasteiger partial charge on any atom is 0.0406 e. The fourth-order valence-electron chi connectivity index (χ4n) is 2.53. The van der Waals surface area contributed by atoms with Crippen LogP contribution in [0.5, 0.6) is 0 Å². The lowest BCUT2D eigenvalue weighted by atomic mass is 10.1. The molecule has 98 valence electrons. The highest BCUT2D eigenvalue weighted by Gasteiger charge is 2.18. The van der Waals surface area contributed by atoms with E-state index < -0.39 is 0 Å². The molecule has 1 fully saturated rings. The lowest BCUT2D eigenvalue weighted by molar-refractivity contribution is 0.752. The van der Waals surface area contributed by atoms with E-state index in [1.807, 2.05) is 24.3 Å². The average molecular weight is 273 g/mol. The molecule has 0 aromatic heterocycles. The van der Waals surface area contributed by atoms with Crippen LogP contribution in [0.15, 0.2) is 48.5 Å². The predicted molar refractivity (Wildman–Crippen MR) is 81.7 cm³/mol. The minimum atomic E-state index is 0.316. The van der Waals surface area contributed by atoms with E-state index in [1.165, 1.54) is 16.8 Å². The van der Waals surface area contributed by atoms with Crippen molar-refractivity contribution in [3.8, 4) is 11.1 Å². The van der Waals surface area contributed by atoms with Crippen molar-refractivity contribution >= 4 is 17.3 Å². The van der Waals surface area contributed by atoms with Gasteiger partial charge in [-0.2, -0.15) is 0 Å². The molecule has 0 radical (unpaired) electrons. The molecular weight excluding hydrogens is 256 g/mol. The molecule has 1 saturated heterocycles. The van der Waals surface area contributed by atoms with Crippen molar-refractivity contribution in [3.05, 3.63) is 53.6 Å². The Bertz CT molecular complexity index is 548. The Kier molecular flexibility index (Phi) is 3.45. The third-order valence-electron chi connectivity index (χ3n) is 3.63. The number of hydrogen-bond donors (Lipinski definition) is 1. The summed E-state index contributed by atoms with van der Waals surface area (Å²) in [6.07, 6.45) is 1.08. The molecule has 2 N–H and O–H groups in total. The quantitative estimate of drug-likeness (QED) is 0.906. The van der Waals surface area contributed by atoms with E-state index in [9.17, 15) is 0 Å². The van der Waals surface area contributed by atoms with Gasteiger partial charge in [0.2, 0.25) is 0 Å². The highest BCUT2D eigenvalue weighted by atomic mass is 35.5. The molecular formula is C16H17ClN2. The molecule has 2 nitrogen and oxygen atoms in total.